The second kappa shape index (κ2) is 9.35. The molecule has 0 saturated carbocycles. The van der Waals surface area contributed by atoms with Gasteiger partial charge in [-0.2, -0.15) is 0 Å². The molecule has 0 N–H and O–H groups in total. The summed E-state index contributed by atoms with van der Waals surface area (Å²) in [6.45, 7) is 6.36. The van der Waals surface area contributed by atoms with E-state index in [0.717, 1.165) is 47.5 Å². The van der Waals surface area contributed by atoms with Gasteiger partial charge in [0.2, 0.25) is 0 Å². The van der Waals surface area contributed by atoms with Crippen LogP contribution in [-0.4, -0.2) is 63.0 Å². The van der Waals surface area contributed by atoms with Gasteiger partial charge < -0.3 is 19.0 Å². The summed E-state index contributed by atoms with van der Waals surface area (Å²) in [4.78, 5) is 17.0. The lowest BCUT2D eigenvalue weighted by atomic mass is 10.2. The Bertz CT molecular complexity index is 1260. The summed E-state index contributed by atoms with van der Waals surface area (Å²) in [5, 5.41) is 9.59. The van der Waals surface area contributed by atoms with Crippen molar-refractivity contribution in [2.75, 3.05) is 27.7 Å². The molecule has 0 amide bonds. The summed E-state index contributed by atoms with van der Waals surface area (Å²) in [6.07, 6.45) is 4.39. The summed E-state index contributed by atoms with van der Waals surface area (Å²) in [6, 6.07) is 7.61. The number of ether oxygens (including phenoxy) is 1. The maximum atomic E-state index is 5.44. The van der Waals surface area contributed by atoms with E-state index in [1.807, 2.05) is 24.3 Å². The van der Waals surface area contributed by atoms with Gasteiger partial charge in [0.1, 0.15) is 17.7 Å². The van der Waals surface area contributed by atoms with E-state index < -0.39 is 0 Å². The smallest absolute Gasteiger partial charge is 0.192 e. The van der Waals surface area contributed by atoms with Crippen LogP contribution in [0.25, 0.3) is 16.7 Å². The number of benzene rings is 1. The van der Waals surface area contributed by atoms with Crippen LogP contribution >= 0.6 is 0 Å². The lowest BCUT2D eigenvalue weighted by Gasteiger charge is -2.11. The van der Waals surface area contributed by atoms with Crippen LogP contribution in [0.1, 0.15) is 29.1 Å². The summed E-state index contributed by atoms with van der Waals surface area (Å²) in [7, 11) is 5.81. The minimum absolute atomic E-state index is 0.163. The van der Waals surface area contributed by atoms with Gasteiger partial charge in [0.05, 0.1) is 18.7 Å². The van der Waals surface area contributed by atoms with Crippen LogP contribution in [0.15, 0.2) is 35.7 Å². The Morgan fingerprint density at radius 1 is 1.16 bits per heavy atom. The molecule has 4 aromatic rings. The number of nitrogens with zero attached hydrogens (tertiary/aromatic N) is 7. The first kappa shape index (κ1) is 21.8. The average molecular weight is 436 g/mol. The molecule has 3 heterocycles. The van der Waals surface area contributed by atoms with Crippen molar-refractivity contribution in [3.05, 3.63) is 53.2 Å². The van der Waals surface area contributed by atoms with E-state index in [-0.39, 0.29) is 6.61 Å². The van der Waals surface area contributed by atoms with Crippen molar-refractivity contribution >= 4 is 22.9 Å². The van der Waals surface area contributed by atoms with E-state index in [1.165, 1.54) is 11.3 Å². The number of aryl methyl sites for hydroxylation is 2. The molecule has 3 aromatic heterocycles. The Balaban J connectivity index is 1.55. The first-order valence-corrected chi connectivity index (χ1v) is 10.6. The van der Waals surface area contributed by atoms with E-state index in [1.54, 1.807) is 24.2 Å². The molecule has 0 saturated heterocycles. The normalized spacial score (nSPS) is 11.9. The largest absolute Gasteiger partial charge is 0.496 e. The van der Waals surface area contributed by atoms with Crippen molar-refractivity contribution in [1.82, 2.24) is 29.0 Å². The highest BCUT2D eigenvalue weighted by molar-refractivity contribution is 5.93. The summed E-state index contributed by atoms with van der Waals surface area (Å²) in [5.41, 5.74) is 4.96. The molecule has 9 nitrogen and oxygen atoms in total. The molecular weight excluding hydrogens is 406 g/mol. The van der Waals surface area contributed by atoms with Gasteiger partial charge in [-0.3, -0.25) is 0 Å². The number of fused-ring (bicyclic) bond motifs is 3. The fourth-order valence-corrected chi connectivity index (χ4v) is 3.82. The monoisotopic (exact) mass is 435 g/mol. The molecule has 0 fully saturated rings. The lowest BCUT2D eigenvalue weighted by molar-refractivity contribution is 0.126. The molecule has 0 spiro atoms. The molecular formula is C23H29N7O2. The third kappa shape index (κ3) is 4.29. The van der Waals surface area contributed by atoms with Crippen molar-refractivity contribution in [3.8, 4) is 5.75 Å². The van der Waals surface area contributed by atoms with Crippen LogP contribution in [0, 0.1) is 13.8 Å². The third-order valence-electron chi connectivity index (χ3n) is 5.58. The van der Waals surface area contributed by atoms with E-state index in [4.69, 9.17) is 14.6 Å². The number of aromatic nitrogens is 5. The Kier molecular flexibility index (Phi) is 6.36. The van der Waals surface area contributed by atoms with E-state index in [0.29, 0.717) is 5.82 Å². The molecule has 9 heteroatoms. The number of oxime groups is 1. The van der Waals surface area contributed by atoms with Gasteiger partial charge >= 0.3 is 0 Å². The van der Waals surface area contributed by atoms with Crippen molar-refractivity contribution in [2.45, 2.75) is 33.4 Å². The SMILES string of the molecule is COc1ccccc1/C=N\OCc1nc2c3c(C)c(C)n(CCCN(C)C)c3ncn2n1. The maximum absolute atomic E-state index is 5.44. The number of para-hydroxylation sites is 1. The molecule has 0 atom stereocenters. The molecule has 0 bridgehead atoms. The zero-order chi connectivity index (χ0) is 22.7. The number of hydrogen-bond donors (Lipinski definition) is 0. The molecule has 0 aliphatic heterocycles. The van der Waals surface area contributed by atoms with Gasteiger partial charge in [0, 0.05) is 17.8 Å². The number of hydrogen-bond acceptors (Lipinski definition) is 7. The van der Waals surface area contributed by atoms with E-state index in [9.17, 15) is 0 Å². The third-order valence-corrected chi connectivity index (χ3v) is 5.58. The van der Waals surface area contributed by atoms with Crippen molar-refractivity contribution < 1.29 is 9.57 Å². The van der Waals surface area contributed by atoms with Crippen LogP contribution in [0.2, 0.25) is 0 Å². The molecule has 0 unspecified atom stereocenters. The zero-order valence-electron chi connectivity index (χ0n) is 19.2. The molecule has 0 radical (unpaired) electrons. The first-order valence-electron chi connectivity index (χ1n) is 10.6. The predicted molar refractivity (Wildman–Crippen MR) is 124 cm³/mol. The quantitative estimate of drug-likeness (QED) is 0.297. The topological polar surface area (TPSA) is 82.1 Å². The fourth-order valence-electron chi connectivity index (χ4n) is 3.82. The highest BCUT2D eigenvalue weighted by Gasteiger charge is 2.18. The summed E-state index contributed by atoms with van der Waals surface area (Å²) >= 11 is 0. The fraction of sp³-hybridized carbons (Fsp3) is 0.391. The van der Waals surface area contributed by atoms with Crippen molar-refractivity contribution in [3.63, 3.8) is 0 Å². The molecule has 4 rings (SSSR count). The second-order valence-corrected chi connectivity index (χ2v) is 8.01. The van der Waals surface area contributed by atoms with Gasteiger partial charge in [0.15, 0.2) is 18.1 Å². The van der Waals surface area contributed by atoms with Crippen molar-refractivity contribution in [2.24, 2.45) is 5.16 Å². The Morgan fingerprint density at radius 3 is 2.75 bits per heavy atom. The minimum atomic E-state index is 0.163. The highest BCUT2D eigenvalue weighted by Crippen LogP contribution is 2.27. The summed E-state index contributed by atoms with van der Waals surface area (Å²) in [5.74, 6) is 1.29. The Morgan fingerprint density at radius 2 is 1.97 bits per heavy atom. The predicted octanol–water partition coefficient (Wildman–Crippen LogP) is 3.21. The van der Waals surface area contributed by atoms with E-state index >= 15 is 0 Å². The van der Waals surface area contributed by atoms with E-state index in [2.05, 4.69) is 52.6 Å². The van der Waals surface area contributed by atoms with Crippen LogP contribution in [0.5, 0.6) is 5.75 Å². The standard InChI is InChI=1S/C23H29N7O2/c1-16-17(2)29(12-8-11-28(3)4)22-21(16)23-26-20(27-30(23)15-24-22)14-32-25-13-18-9-6-7-10-19(18)31-5/h6-7,9-10,13,15H,8,11-12,14H2,1-5H3/b25-13-. The molecule has 1 aromatic carbocycles. The van der Waals surface area contributed by atoms with Crippen LogP contribution in [0.4, 0.5) is 0 Å². The maximum Gasteiger partial charge on any atom is 0.192 e. The van der Waals surface area contributed by atoms with Crippen LogP contribution in [-0.2, 0) is 18.0 Å². The number of rotatable bonds is 9. The van der Waals surface area contributed by atoms with Gasteiger partial charge in [-0.05, 0) is 58.6 Å². The molecule has 168 valence electrons. The first-order chi connectivity index (χ1) is 15.5. The molecule has 0 aliphatic carbocycles. The van der Waals surface area contributed by atoms with Gasteiger partial charge in [-0.1, -0.05) is 17.3 Å². The molecule has 32 heavy (non-hydrogen) atoms. The highest BCUT2D eigenvalue weighted by atomic mass is 16.6. The second-order valence-electron chi connectivity index (χ2n) is 8.01. The van der Waals surface area contributed by atoms with Crippen LogP contribution < -0.4 is 4.74 Å². The Hall–Kier alpha value is -3.46. The van der Waals surface area contributed by atoms with Gasteiger partial charge in [-0.15, -0.1) is 5.10 Å². The van der Waals surface area contributed by atoms with Crippen molar-refractivity contribution in [1.29, 1.82) is 0 Å². The lowest BCUT2D eigenvalue weighted by Crippen LogP contribution is -2.15. The molecule has 0 aliphatic rings. The summed E-state index contributed by atoms with van der Waals surface area (Å²) < 4.78 is 9.30. The van der Waals surface area contributed by atoms with Gasteiger partial charge in [0.25, 0.3) is 0 Å². The van der Waals surface area contributed by atoms with Crippen LogP contribution in [0.3, 0.4) is 0 Å². The number of methoxy groups -OCH3 is 1. The average Bonchev–Trinajstić information content (AvgIpc) is 3.30. The van der Waals surface area contributed by atoms with Gasteiger partial charge in [-0.25, -0.2) is 14.5 Å². The zero-order valence-corrected chi connectivity index (χ0v) is 19.2. The minimum Gasteiger partial charge on any atom is -0.496 e. The Labute approximate surface area is 187 Å².